The Labute approximate surface area is 199 Å². The summed E-state index contributed by atoms with van der Waals surface area (Å²) >= 11 is 0. The predicted octanol–water partition coefficient (Wildman–Crippen LogP) is 4.63. The molecule has 4 rings (SSSR count). The molecular weight excluding hydrogens is 448 g/mol. The Kier molecular flexibility index (Phi) is 5.95. The number of sulfonamides is 1. The molecule has 1 heterocycles. The van der Waals surface area contributed by atoms with Gasteiger partial charge in [0.2, 0.25) is 0 Å². The van der Waals surface area contributed by atoms with Gasteiger partial charge < -0.3 is 9.88 Å². The number of hydrogen-bond donors (Lipinski definition) is 2. The van der Waals surface area contributed by atoms with E-state index in [1.54, 1.807) is 31.3 Å². The van der Waals surface area contributed by atoms with Crippen molar-refractivity contribution in [3.8, 4) is 11.4 Å². The van der Waals surface area contributed by atoms with E-state index in [0.717, 1.165) is 39.2 Å². The fourth-order valence-electron chi connectivity index (χ4n) is 4.23. The number of carbonyl (C=O) groups is 1. The third-order valence-corrected chi connectivity index (χ3v) is 7.99. The molecule has 0 atom stereocenters. The van der Waals surface area contributed by atoms with Gasteiger partial charge in [0.25, 0.3) is 15.9 Å². The molecule has 0 aliphatic carbocycles. The van der Waals surface area contributed by atoms with Crippen molar-refractivity contribution < 1.29 is 13.2 Å². The fraction of sp³-hybridized carbons (Fsp3) is 0.231. The van der Waals surface area contributed by atoms with Crippen LogP contribution in [0.3, 0.4) is 0 Å². The largest absolute Gasteiger partial charge is 0.355 e. The maximum Gasteiger partial charge on any atom is 0.262 e. The number of nitrogens with zero attached hydrogens (tertiary/aromatic N) is 2. The van der Waals surface area contributed by atoms with E-state index in [2.05, 4.69) is 10.0 Å². The van der Waals surface area contributed by atoms with Gasteiger partial charge in [-0.3, -0.25) is 9.52 Å². The molecule has 0 saturated carbocycles. The number of imidazole rings is 1. The first-order chi connectivity index (χ1) is 16.0. The Hall–Kier alpha value is -3.65. The van der Waals surface area contributed by atoms with Gasteiger partial charge in [-0.1, -0.05) is 18.2 Å². The van der Waals surface area contributed by atoms with Gasteiger partial charge in [-0.05, 0) is 80.3 Å². The number of amides is 1. The molecule has 0 saturated heterocycles. The first kappa shape index (κ1) is 23.5. The van der Waals surface area contributed by atoms with Crippen LogP contribution in [0, 0.1) is 27.7 Å². The maximum atomic E-state index is 13.3. The van der Waals surface area contributed by atoms with Crippen molar-refractivity contribution in [1.29, 1.82) is 0 Å². The zero-order chi connectivity index (χ0) is 24.8. The average molecular weight is 477 g/mol. The van der Waals surface area contributed by atoms with Crippen LogP contribution in [0.5, 0.6) is 0 Å². The van der Waals surface area contributed by atoms with E-state index in [1.807, 2.05) is 63.6 Å². The van der Waals surface area contributed by atoms with Gasteiger partial charge >= 0.3 is 0 Å². The van der Waals surface area contributed by atoms with E-state index in [1.165, 1.54) is 0 Å². The highest BCUT2D eigenvalue weighted by atomic mass is 32.2. The SMILES string of the molecule is CNC(=O)c1ccc(-c2nc3cc(NS(=O)(=O)c4c(C)c(C)cc(C)c4C)ccc3n2C)cc1. The number of aryl methyl sites for hydroxylation is 3. The summed E-state index contributed by atoms with van der Waals surface area (Å²) in [5.74, 6) is 0.571. The fourth-order valence-corrected chi connectivity index (χ4v) is 5.89. The van der Waals surface area contributed by atoms with E-state index in [-0.39, 0.29) is 5.91 Å². The van der Waals surface area contributed by atoms with Crippen molar-refractivity contribution in [3.05, 3.63) is 76.3 Å². The van der Waals surface area contributed by atoms with E-state index >= 15 is 0 Å². The number of hydrogen-bond acceptors (Lipinski definition) is 4. The quantitative estimate of drug-likeness (QED) is 0.439. The molecule has 34 heavy (non-hydrogen) atoms. The standard InChI is InChI=1S/C26H28N4O3S/c1-15-13-16(2)18(4)24(17(15)3)34(32,33)29-21-11-12-23-22(14-21)28-25(30(23)6)19-7-9-20(10-8-19)26(31)27-5/h7-14,29H,1-6H3,(H,27,31). The van der Waals surface area contributed by atoms with Gasteiger partial charge in [0, 0.05) is 25.2 Å². The van der Waals surface area contributed by atoms with E-state index in [0.29, 0.717) is 21.7 Å². The molecule has 1 amide bonds. The lowest BCUT2D eigenvalue weighted by Gasteiger charge is -2.16. The summed E-state index contributed by atoms with van der Waals surface area (Å²) in [5, 5.41) is 2.61. The van der Waals surface area contributed by atoms with Crippen LogP contribution in [0.2, 0.25) is 0 Å². The molecule has 0 radical (unpaired) electrons. The van der Waals surface area contributed by atoms with Crippen LogP contribution in [0.1, 0.15) is 32.6 Å². The summed E-state index contributed by atoms with van der Waals surface area (Å²) < 4.78 is 31.3. The van der Waals surface area contributed by atoms with Crippen LogP contribution in [0.25, 0.3) is 22.4 Å². The lowest BCUT2D eigenvalue weighted by atomic mass is 10.0. The number of anilines is 1. The first-order valence-corrected chi connectivity index (χ1v) is 12.4. The molecule has 0 unspecified atom stereocenters. The molecule has 0 fully saturated rings. The Bertz CT molecular complexity index is 1510. The highest BCUT2D eigenvalue weighted by Crippen LogP contribution is 2.30. The van der Waals surface area contributed by atoms with Crippen LogP contribution in [-0.2, 0) is 17.1 Å². The Morgan fingerprint density at radius 3 is 2.12 bits per heavy atom. The minimum Gasteiger partial charge on any atom is -0.355 e. The molecule has 8 heteroatoms. The van der Waals surface area contributed by atoms with Crippen molar-refractivity contribution in [2.45, 2.75) is 32.6 Å². The summed E-state index contributed by atoms with van der Waals surface area (Å²) in [6.07, 6.45) is 0. The molecule has 7 nitrogen and oxygen atoms in total. The van der Waals surface area contributed by atoms with Crippen LogP contribution >= 0.6 is 0 Å². The lowest BCUT2D eigenvalue weighted by molar-refractivity contribution is 0.0963. The van der Waals surface area contributed by atoms with Gasteiger partial charge in [0.1, 0.15) is 5.82 Å². The Morgan fingerprint density at radius 2 is 1.53 bits per heavy atom. The number of benzene rings is 3. The third kappa shape index (κ3) is 4.05. The normalized spacial score (nSPS) is 11.6. The van der Waals surface area contributed by atoms with Gasteiger partial charge in [-0.2, -0.15) is 0 Å². The predicted molar refractivity (Wildman–Crippen MR) is 136 cm³/mol. The van der Waals surface area contributed by atoms with Crippen LogP contribution in [0.15, 0.2) is 53.4 Å². The summed E-state index contributed by atoms with van der Waals surface area (Å²) in [6, 6.07) is 14.5. The highest BCUT2D eigenvalue weighted by Gasteiger charge is 2.23. The van der Waals surface area contributed by atoms with Crippen molar-refractivity contribution in [2.24, 2.45) is 7.05 Å². The topological polar surface area (TPSA) is 93.1 Å². The molecule has 2 N–H and O–H groups in total. The zero-order valence-electron chi connectivity index (χ0n) is 20.1. The minimum absolute atomic E-state index is 0.150. The van der Waals surface area contributed by atoms with Gasteiger partial charge in [-0.15, -0.1) is 0 Å². The van der Waals surface area contributed by atoms with Crippen LogP contribution < -0.4 is 10.0 Å². The summed E-state index contributed by atoms with van der Waals surface area (Å²) in [7, 11) is -0.282. The average Bonchev–Trinajstić information content (AvgIpc) is 3.12. The minimum atomic E-state index is -3.78. The number of aromatic nitrogens is 2. The van der Waals surface area contributed by atoms with Crippen molar-refractivity contribution >= 4 is 32.7 Å². The molecule has 1 aromatic heterocycles. The summed E-state index contributed by atoms with van der Waals surface area (Å²) in [5.41, 5.74) is 6.79. The Balaban J connectivity index is 1.71. The summed E-state index contributed by atoms with van der Waals surface area (Å²) in [6.45, 7) is 7.51. The molecule has 4 aromatic rings. The number of fused-ring (bicyclic) bond motifs is 1. The number of carbonyl (C=O) groups excluding carboxylic acids is 1. The number of nitrogens with one attached hydrogen (secondary N) is 2. The van der Waals surface area contributed by atoms with Gasteiger partial charge in [-0.25, -0.2) is 13.4 Å². The molecule has 176 valence electrons. The smallest absolute Gasteiger partial charge is 0.262 e. The molecule has 3 aromatic carbocycles. The van der Waals surface area contributed by atoms with E-state index < -0.39 is 10.0 Å². The van der Waals surface area contributed by atoms with Crippen LogP contribution in [0.4, 0.5) is 5.69 Å². The zero-order valence-corrected chi connectivity index (χ0v) is 21.0. The third-order valence-electron chi connectivity index (χ3n) is 6.33. The first-order valence-electron chi connectivity index (χ1n) is 10.9. The van der Waals surface area contributed by atoms with Crippen molar-refractivity contribution in [3.63, 3.8) is 0 Å². The molecule has 0 spiro atoms. The van der Waals surface area contributed by atoms with Gasteiger partial charge in [0.05, 0.1) is 21.6 Å². The molecule has 0 bridgehead atoms. The number of rotatable bonds is 5. The van der Waals surface area contributed by atoms with E-state index in [4.69, 9.17) is 4.98 Å². The second-order valence-electron chi connectivity index (χ2n) is 8.55. The summed E-state index contributed by atoms with van der Waals surface area (Å²) in [4.78, 5) is 16.9. The second-order valence-corrected chi connectivity index (χ2v) is 10.2. The van der Waals surface area contributed by atoms with Crippen molar-refractivity contribution in [2.75, 3.05) is 11.8 Å². The van der Waals surface area contributed by atoms with Gasteiger partial charge in [0.15, 0.2) is 0 Å². The van der Waals surface area contributed by atoms with E-state index in [9.17, 15) is 13.2 Å². The maximum absolute atomic E-state index is 13.3. The molecular formula is C26H28N4O3S. The molecule has 0 aliphatic rings. The monoisotopic (exact) mass is 476 g/mol. The lowest BCUT2D eigenvalue weighted by Crippen LogP contribution is -2.17. The van der Waals surface area contributed by atoms with Crippen molar-refractivity contribution in [1.82, 2.24) is 14.9 Å². The molecule has 0 aliphatic heterocycles. The van der Waals surface area contributed by atoms with Crippen LogP contribution in [-0.4, -0.2) is 30.9 Å². The Morgan fingerprint density at radius 1 is 0.912 bits per heavy atom. The highest BCUT2D eigenvalue weighted by molar-refractivity contribution is 7.92. The second kappa shape index (κ2) is 8.61.